The molecular weight excluding hydrogens is 572 g/mol. The average molecular weight is 645 g/mol. The summed E-state index contributed by atoms with van der Waals surface area (Å²) >= 11 is 0. The Morgan fingerprint density at radius 1 is 0.500 bits per heavy atom. The van der Waals surface area contributed by atoms with Crippen LogP contribution in [0.1, 0.15) is 181 Å². The summed E-state index contributed by atoms with van der Waals surface area (Å²) in [6, 6.07) is 0. The van der Waals surface area contributed by atoms with Crippen LogP contribution >= 0.6 is 0 Å². The summed E-state index contributed by atoms with van der Waals surface area (Å²) in [6.07, 6.45) is 45.9. The minimum Gasteiger partial charge on any atom is -0.462 e. The highest BCUT2D eigenvalue weighted by atomic mass is 16.6. The summed E-state index contributed by atoms with van der Waals surface area (Å²) in [6.45, 7) is 4.06. The second-order valence-electron chi connectivity index (χ2n) is 12.6. The highest BCUT2D eigenvalue weighted by Crippen LogP contribution is 2.12. The van der Waals surface area contributed by atoms with Crippen molar-refractivity contribution in [1.82, 2.24) is 0 Å². The van der Waals surface area contributed by atoms with Gasteiger partial charge >= 0.3 is 11.9 Å². The van der Waals surface area contributed by atoms with E-state index in [1.807, 2.05) is 0 Å². The van der Waals surface area contributed by atoms with E-state index in [0.29, 0.717) is 12.8 Å². The van der Waals surface area contributed by atoms with Crippen LogP contribution in [0.2, 0.25) is 0 Å². The molecule has 266 valence electrons. The van der Waals surface area contributed by atoms with Gasteiger partial charge in [-0.05, 0) is 77.0 Å². The molecule has 0 aromatic carbocycles. The molecule has 0 fully saturated rings. The maximum atomic E-state index is 12.2. The molecule has 0 amide bonds. The number of aliphatic hydroxyl groups is 1. The van der Waals surface area contributed by atoms with Crippen LogP contribution in [0.3, 0.4) is 0 Å². The van der Waals surface area contributed by atoms with Gasteiger partial charge in [-0.3, -0.25) is 9.59 Å². The number of ether oxygens (including phenoxy) is 2. The Balaban J connectivity index is 3.61. The highest BCUT2D eigenvalue weighted by Gasteiger charge is 2.16. The van der Waals surface area contributed by atoms with Crippen LogP contribution in [0.15, 0.2) is 48.6 Å². The topological polar surface area (TPSA) is 72.8 Å². The number of rotatable bonds is 34. The minimum absolute atomic E-state index is 0.0771. The predicted octanol–water partition coefficient (Wildman–Crippen LogP) is 11.8. The molecule has 0 radical (unpaired) electrons. The first-order valence-electron chi connectivity index (χ1n) is 19.2. The number of hydrogen-bond acceptors (Lipinski definition) is 5. The van der Waals surface area contributed by atoms with E-state index >= 15 is 0 Å². The van der Waals surface area contributed by atoms with Crippen molar-refractivity contribution in [1.29, 1.82) is 0 Å². The van der Waals surface area contributed by atoms with E-state index in [1.165, 1.54) is 89.9 Å². The van der Waals surface area contributed by atoms with Crippen LogP contribution < -0.4 is 0 Å². The first-order valence-corrected chi connectivity index (χ1v) is 19.2. The smallest absolute Gasteiger partial charge is 0.306 e. The molecule has 0 heterocycles. The van der Waals surface area contributed by atoms with Crippen molar-refractivity contribution in [3.05, 3.63) is 48.6 Å². The van der Waals surface area contributed by atoms with Gasteiger partial charge in [-0.1, -0.05) is 140 Å². The summed E-state index contributed by atoms with van der Waals surface area (Å²) in [5.74, 6) is -0.618. The third-order valence-electron chi connectivity index (χ3n) is 8.10. The molecule has 1 N–H and O–H groups in total. The van der Waals surface area contributed by atoms with Crippen molar-refractivity contribution >= 4 is 11.9 Å². The number of carbonyl (C=O) groups is 2. The van der Waals surface area contributed by atoms with Crippen molar-refractivity contribution in [2.45, 2.75) is 187 Å². The zero-order chi connectivity index (χ0) is 33.6. The number of unbranched alkanes of at least 4 members (excludes halogenated alkanes) is 18. The zero-order valence-electron chi connectivity index (χ0n) is 30.1. The van der Waals surface area contributed by atoms with Crippen LogP contribution in [0.25, 0.3) is 0 Å². The van der Waals surface area contributed by atoms with E-state index in [9.17, 15) is 14.7 Å². The molecule has 0 bridgehead atoms. The van der Waals surface area contributed by atoms with Gasteiger partial charge in [0, 0.05) is 12.8 Å². The lowest BCUT2D eigenvalue weighted by Crippen LogP contribution is -2.28. The van der Waals surface area contributed by atoms with Gasteiger partial charge in [0.1, 0.15) is 6.61 Å². The molecule has 1 atom stereocenters. The lowest BCUT2D eigenvalue weighted by Gasteiger charge is -2.15. The van der Waals surface area contributed by atoms with Gasteiger partial charge in [-0.2, -0.15) is 0 Å². The van der Waals surface area contributed by atoms with Gasteiger partial charge < -0.3 is 14.6 Å². The molecule has 0 saturated carbocycles. The van der Waals surface area contributed by atoms with E-state index in [4.69, 9.17) is 9.47 Å². The van der Waals surface area contributed by atoms with Crippen LogP contribution in [0.5, 0.6) is 0 Å². The maximum absolute atomic E-state index is 12.2. The van der Waals surface area contributed by atoms with Gasteiger partial charge in [-0.25, -0.2) is 0 Å². The van der Waals surface area contributed by atoms with E-state index in [1.54, 1.807) is 0 Å². The molecule has 0 saturated heterocycles. The van der Waals surface area contributed by atoms with E-state index in [0.717, 1.165) is 64.2 Å². The Hall–Kier alpha value is -2.14. The zero-order valence-corrected chi connectivity index (χ0v) is 30.1. The van der Waals surface area contributed by atoms with Crippen molar-refractivity contribution in [3.63, 3.8) is 0 Å². The second-order valence-corrected chi connectivity index (χ2v) is 12.6. The molecular formula is C41H72O5. The largest absolute Gasteiger partial charge is 0.462 e. The summed E-state index contributed by atoms with van der Waals surface area (Å²) < 4.78 is 10.6. The van der Waals surface area contributed by atoms with Crippen molar-refractivity contribution in [2.75, 3.05) is 13.2 Å². The van der Waals surface area contributed by atoms with Crippen LogP contribution in [0.4, 0.5) is 0 Å². The Bertz CT molecular complexity index is 782. The predicted molar refractivity (Wildman–Crippen MR) is 196 cm³/mol. The number of hydrogen-bond donors (Lipinski definition) is 1. The molecule has 0 rings (SSSR count). The van der Waals surface area contributed by atoms with Crippen molar-refractivity contribution in [3.8, 4) is 0 Å². The van der Waals surface area contributed by atoms with E-state index < -0.39 is 6.10 Å². The molecule has 0 aromatic rings. The van der Waals surface area contributed by atoms with Crippen LogP contribution in [-0.4, -0.2) is 36.4 Å². The normalized spacial score (nSPS) is 12.7. The molecule has 0 aliphatic heterocycles. The van der Waals surface area contributed by atoms with Crippen molar-refractivity contribution < 1.29 is 24.2 Å². The van der Waals surface area contributed by atoms with Gasteiger partial charge in [-0.15, -0.1) is 0 Å². The molecule has 0 aromatic heterocycles. The Kier molecular flexibility index (Phi) is 35.6. The monoisotopic (exact) mass is 645 g/mol. The molecule has 5 heteroatoms. The fraction of sp³-hybridized carbons (Fsp3) is 0.756. The summed E-state index contributed by atoms with van der Waals surface area (Å²) in [5, 5.41) is 9.54. The number of aliphatic hydroxyl groups excluding tert-OH is 1. The summed E-state index contributed by atoms with van der Waals surface area (Å²) in [7, 11) is 0. The Labute approximate surface area is 284 Å². The second kappa shape index (κ2) is 37.3. The molecule has 0 aliphatic carbocycles. The number of esters is 2. The van der Waals surface area contributed by atoms with Gasteiger partial charge in [0.15, 0.2) is 6.10 Å². The Morgan fingerprint density at radius 3 is 1.28 bits per heavy atom. The standard InChI is InChI=1S/C41H72O5/c1-3-5-7-9-11-13-15-17-19-20-22-24-26-28-30-32-34-36-41(44)46-39(37-42)38-45-40(43)35-33-31-29-27-25-23-21-18-16-14-12-10-8-6-4-2/h11-14,17-19,21,39,42H,3-10,15-16,20,22-38H2,1-2H3. The number of carbonyl (C=O) groups excluding carboxylic acids is 2. The molecule has 0 spiro atoms. The third kappa shape index (κ3) is 34.7. The maximum Gasteiger partial charge on any atom is 0.306 e. The van der Waals surface area contributed by atoms with Gasteiger partial charge in [0.25, 0.3) is 0 Å². The quantitative estimate of drug-likeness (QED) is 0.0429. The van der Waals surface area contributed by atoms with Crippen LogP contribution in [-0.2, 0) is 19.1 Å². The molecule has 0 aliphatic rings. The van der Waals surface area contributed by atoms with Gasteiger partial charge in [0.05, 0.1) is 6.61 Å². The fourth-order valence-corrected chi connectivity index (χ4v) is 5.14. The van der Waals surface area contributed by atoms with E-state index in [-0.39, 0.29) is 25.2 Å². The first-order chi connectivity index (χ1) is 22.6. The fourth-order valence-electron chi connectivity index (χ4n) is 5.14. The lowest BCUT2D eigenvalue weighted by molar-refractivity contribution is -0.161. The average Bonchev–Trinajstić information content (AvgIpc) is 3.06. The van der Waals surface area contributed by atoms with Crippen molar-refractivity contribution in [2.24, 2.45) is 0 Å². The lowest BCUT2D eigenvalue weighted by atomic mass is 10.1. The van der Waals surface area contributed by atoms with Crippen LogP contribution in [0, 0.1) is 0 Å². The Morgan fingerprint density at radius 2 is 0.870 bits per heavy atom. The molecule has 46 heavy (non-hydrogen) atoms. The summed E-state index contributed by atoms with van der Waals surface area (Å²) in [4.78, 5) is 24.2. The molecule has 5 nitrogen and oxygen atoms in total. The third-order valence-corrected chi connectivity index (χ3v) is 8.10. The minimum atomic E-state index is -0.781. The summed E-state index contributed by atoms with van der Waals surface area (Å²) in [5.41, 5.74) is 0. The van der Waals surface area contributed by atoms with E-state index in [2.05, 4.69) is 62.5 Å². The highest BCUT2D eigenvalue weighted by molar-refractivity contribution is 5.70. The SMILES string of the molecule is CCCCCC=CCC=CCCCCCCCCCC(=O)OC(CO)COC(=O)CCCCCCCC=CCC=CCCCCC. The van der Waals surface area contributed by atoms with Gasteiger partial charge in [0.2, 0.25) is 0 Å². The number of allylic oxidation sites excluding steroid dienone is 8. The molecule has 1 unspecified atom stereocenters. The first kappa shape index (κ1) is 43.9.